The van der Waals surface area contributed by atoms with Crippen LogP contribution in [0.4, 0.5) is 10.5 Å². The molecule has 0 atom stereocenters. The van der Waals surface area contributed by atoms with E-state index in [-0.39, 0.29) is 12.1 Å². The number of primary amides is 1. The number of carbonyl (C=O) groups excluding carboxylic acids is 2. The molecule has 6 nitrogen and oxygen atoms in total. The number of nitrogens with one attached hydrogen (secondary N) is 2. The van der Waals surface area contributed by atoms with Crippen LogP contribution in [-0.4, -0.2) is 42.5 Å². The predicted molar refractivity (Wildman–Crippen MR) is 91.6 cm³/mol. The third kappa shape index (κ3) is 4.96. The normalized spacial score (nSPS) is 16.1. The first kappa shape index (κ1) is 17.3. The molecule has 1 saturated heterocycles. The van der Waals surface area contributed by atoms with Crippen molar-refractivity contribution in [2.24, 2.45) is 5.73 Å². The number of benzene rings is 1. The third-order valence-electron chi connectivity index (χ3n) is 4.23. The summed E-state index contributed by atoms with van der Waals surface area (Å²) in [5.41, 5.74) is 7.17. The molecule has 0 radical (unpaired) electrons. The fourth-order valence-electron chi connectivity index (χ4n) is 2.87. The molecule has 0 spiro atoms. The van der Waals surface area contributed by atoms with Crippen molar-refractivity contribution in [3.05, 3.63) is 29.3 Å². The zero-order chi connectivity index (χ0) is 16.8. The number of amides is 3. The lowest BCUT2D eigenvalue weighted by molar-refractivity contribution is 0.1000. The van der Waals surface area contributed by atoms with E-state index in [1.807, 2.05) is 6.92 Å². The van der Waals surface area contributed by atoms with Crippen molar-refractivity contribution >= 4 is 17.6 Å². The highest BCUT2D eigenvalue weighted by atomic mass is 16.2. The van der Waals surface area contributed by atoms with Gasteiger partial charge >= 0.3 is 6.03 Å². The minimum Gasteiger partial charge on any atom is -0.366 e. The molecule has 1 fully saturated rings. The fraction of sp³-hybridized carbons (Fsp3) is 0.529. The van der Waals surface area contributed by atoms with E-state index in [9.17, 15) is 9.59 Å². The molecule has 1 aromatic rings. The Bertz CT molecular complexity index is 566. The third-order valence-corrected chi connectivity index (χ3v) is 4.23. The summed E-state index contributed by atoms with van der Waals surface area (Å²) < 4.78 is 0. The molecule has 0 aliphatic carbocycles. The molecule has 1 aliphatic rings. The first-order chi connectivity index (χ1) is 11.0. The van der Waals surface area contributed by atoms with Gasteiger partial charge in [-0.15, -0.1) is 0 Å². The topological polar surface area (TPSA) is 87.5 Å². The zero-order valence-corrected chi connectivity index (χ0v) is 13.9. The van der Waals surface area contributed by atoms with Gasteiger partial charge in [0.15, 0.2) is 0 Å². The molecule has 0 saturated carbocycles. The number of hydrogen-bond donors (Lipinski definition) is 3. The monoisotopic (exact) mass is 318 g/mol. The van der Waals surface area contributed by atoms with Crippen molar-refractivity contribution in [3.8, 4) is 0 Å². The van der Waals surface area contributed by atoms with E-state index in [0.717, 1.165) is 44.5 Å². The molecule has 4 N–H and O–H groups in total. The molecule has 1 aliphatic heterocycles. The van der Waals surface area contributed by atoms with Crippen LogP contribution in [0.25, 0.3) is 0 Å². The number of nitrogens with two attached hydrogens (primary N) is 1. The molecular formula is C17H26N4O2. The van der Waals surface area contributed by atoms with Gasteiger partial charge in [0.05, 0.1) is 0 Å². The van der Waals surface area contributed by atoms with Gasteiger partial charge in [0.1, 0.15) is 0 Å². The molecule has 23 heavy (non-hydrogen) atoms. The predicted octanol–water partition coefficient (Wildman–Crippen LogP) is 2.09. The number of rotatable bonds is 5. The average Bonchev–Trinajstić information content (AvgIpc) is 2.51. The van der Waals surface area contributed by atoms with Crippen molar-refractivity contribution < 1.29 is 9.59 Å². The largest absolute Gasteiger partial charge is 0.366 e. The molecule has 0 aromatic heterocycles. The molecule has 0 bridgehead atoms. The summed E-state index contributed by atoms with van der Waals surface area (Å²) in [6.45, 7) is 7.23. The van der Waals surface area contributed by atoms with Crippen LogP contribution in [0, 0.1) is 6.92 Å². The lowest BCUT2D eigenvalue weighted by Crippen LogP contribution is -2.46. The quantitative estimate of drug-likeness (QED) is 0.777. The van der Waals surface area contributed by atoms with Crippen LogP contribution < -0.4 is 16.4 Å². The molecule has 126 valence electrons. The number of aryl methyl sites for hydroxylation is 1. The highest BCUT2D eigenvalue weighted by molar-refractivity contribution is 5.96. The standard InChI is InChI=1S/C17H26N4O2/c1-3-8-21-9-6-14(7-10-21)19-17(23)20-15-11-13(16(18)22)5-4-12(15)2/h4-5,11,14H,3,6-10H2,1-2H3,(H2,18,22)(H2,19,20,23). The highest BCUT2D eigenvalue weighted by Crippen LogP contribution is 2.17. The van der Waals surface area contributed by atoms with Crippen LogP contribution in [0.3, 0.4) is 0 Å². The van der Waals surface area contributed by atoms with E-state index in [1.165, 1.54) is 0 Å². The highest BCUT2D eigenvalue weighted by Gasteiger charge is 2.20. The molecule has 3 amide bonds. The zero-order valence-electron chi connectivity index (χ0n) is 13.9. The van der Waals surface area contributed by atoms with E-state index in [0.29, 0.717) is 11.3 Å². The minimum atomic E-state index is -0.503. The number of piperidine rings is 1. The smallest absolute Gasteiger partial charge is 0.319 e. The maximum absolute atomic E-state index is 12.2. The fourth-order valence-corrected chi connectivity index (χ4v) is 2.87. The Kier molecular flexibility index (Phi) is 5.98. The maximum atomic E-state index is 12.2. The summed E-state index contributed by atoms with van der Waals surface area (Å²) in [4.78, 5) is 25.8. The van der Waals surface area contributed by atoms with Crippen molar-refractivity contribution in [1.82, 2.24) is 10.2 Å². The van der Waals surface area contributed by atoms with Crippen LogP contribution >= 0.6 is 0 Å². The van der Waals surface area contributed by atoms with Crippen LogP contribution in [0.15, 0.2) is 18.2 Å². The summed E-state index contributed by atoms with van der Waals surface area (Å²) in [5.74, 6) is -0.503. The lowest BCUT2D eigenvalue weighted by Gasteiger charge is -2.32. The van der Waals surface area contributed by atoms with E-state index >= 15 is 0 Å². The molecule has 0 unspecified atom stereocenters. The van der Waals surface area contributed by atoms with E-state index in [1.54, 1.807) is 18.2 Å². The maximum Gasteiger partial charge on any atom is 0.319 e. The number of hydrogen-bond acceptors (Lipinski definition) is 3. The van der Waals surface area contributed by atoms with Gasteiger partial charge in [0, 0.05) is 30.4 Å². The van der Waals surface area contributed by atoms with Gasteiger partial charge in [-0.25, -0.2) is 4.79 Å². The first-order valence-electron chi connectivity index (χ1n) is 8.20. The first-order valence-corrected chi connectivity index (χ1v) is 8.20. The second-order valence-electron chi connectivity index (χ2n) is 6.11. The molecule has 2 rings (SSSR count). The summed E-state index contributed by atoms with van der Waals surface area (Å²) in [5, 5.41) is 5.83. The van der Waals surface area contributed by atoms with Crippen molar-refractivity contribution in [2.75, 3.05) is 25.0 Å². The van der Waals surface area contributed by atoms with Crippen molar-refractivity contribution in [3.63, 3.8) is 0 Å². The number of nitrogens with zero attached hydrogens (tertiary/aromatic N) is 1. The Morgan fingerprint density at radius 1 is 1.30 bits per heavy atom. The van der Waals surface area contributed by atoms with Crippen LogP contribution in [0.1, 0.15) is 42.1 Å². The molecule has 1 aromatic carbocycles. The second-order valence-corrected chi connectivity index (χ2v) is 6.11. The van der Waals surface area contributed by atoms with Crippen molar-refractivity contribution in [1.29, 1.82) is 0 Å². The number of anilines is 1. The Labute approximate surface area is 137 Å². The van der Waals surface area contributed by atoms with E-state index in [2.05, 4.69) is 22.5 Å². The van der Waals surface area contributed by atoms with Crippen LogP contribution in [0.5, 0.6) is 0 Å². The SMILES string of the molecule is CCCN1CCC(NC(=O)Nc2cc(C(N)=O)ccc2C)CC1. The lowest BCUT2D eigenvalue weighted by atomic mass is 10.1. The van der Waals surface area contributed by atoms with Gasteiger partial charge in [0.2, 0.25) is 5.91 Å². The Morgan fingerprint density at radius 2 is 2.00 bits per heavy atom. The van der Waals surface area contributed by atoms with Gasteiger partial charge in [-0.3, -0.25) is 4.79 Å². The Balaban J connectivity index is 1.88. The summed E-state index contributed by atoms with van der Waals surface area (Å²) in [6, 6.07) is 5.01. The number of likely N-dealkylation sites (tertiary alicyclic amines) is 1. The van der Waals surface area contributed by atoms with Gasteiger partial charge in [-0.1, -0.05) is 13.0 Å². The minimum absolute atomic E-state index is 0.197. The van der Waals surface area contributed by atoms with Gasteiger partial charge < -0.3 is 21.3 Å². The van der Waals surface area contributed by atoms with E-state index < -0.39 is 5.91 Å². The van der Waals surface area contributed by atoms with Gasteiger partial charge in [-0.05, 0) is 50.4 Å². The summed E-state index contributed by atoms with van der Waals surface area (Å²) >= 11 is 0. The second kappa shape index (κ2) is 7.97. The number of carbonyl (C=O) groups is 2. The molecule has 6 heteroatoms. The van der Waals surface area contributed by atoms with Crippen molar-refractivity contribution in [2.45, 2.75) is 39.2 Å². The van der Waals surface area contributed by atoms with Crippen LogP contribution in [-0.2, 0) is 0 Å². The van der Waals surface area contributed by atoms with Gasteiger partial charge in [-0.2, -0.15) is 0 Å². The molecular weight excluding hydrogens is 292 g/mol. The Hall–Kier alpha value is -2.08. The Morgan fingerprint density at radius 3 is 2.61 bits per heavy atom. The average molecular weight is 318 g/mol. The summed E-state index contributed by atoms with van der Waals surface area (Å²) in [6.07, 6.45) is 3.09. The number of urea groups is 1. The van der Waals surface area contributed by atoms with Crippen LogP contribution in [0.2, 0.25) is 0 Å². The summed E-state index contributed by atoms with van der Waals surface area (Å²) in [7, 11) is 0. The molecule has 1 heterocycles. The van der Waals surface area contributed by atoms with E-state index in [4.69, 9.17) is 5.73 Å². The van der Waals surface area contributed by atoms with Gasteiger partial charge in [0.25, 0.3) is 0 Å².